The second kappa shape index (κ2) is 4.56. The predicted molar refractivity (Wildman–Crippen MR) is 55.4 cm³/mol. The van der Waals surface area contributed by atoms with E-state index in [1.165, 1.54) is 0 Å². The number of carbonyl (C=O) groups is 2. The summed E-state index contributed by atoms with van der Waals surface area (Å²) in [4.78, 5) is 21.7. The summed E-state index contributed by atoms with van der Waals surface area (Å²) in [6.45, 7) is 1.87. The number of amides is 1. The number of benzene rings is 1. The molecule has 1 amide bonds. The van der Waals surface area contributed by atoms with Gasteiger partial charge in [0.25, 0.3) is 5.91 Å². The van der Waals surface area contributed by atoms with E-state index in [4.69, 9.17) is 10.8 Å². The van der Waals surface area contributed by atoms with Gasteiger partial charge in [0.1, 0.15) is 0 Å². The molecule has 4 N–H and O–H groups in total. The normalized spacial score (nSPS) is 11.9. The number of nitrogens with two attached hydrogens (primary N) is 1. The highest BCUT2D eigenvalue weighted by Crippen LogP contribution is 2.09. The van der Waals surface area contributed by atoms with Crippen LogP contribution >= 0.6 is 0 Å². The maximum Gasteiger partial charge on any atom is 0.330 e. The van der Waals surface area contributed by atoms with Crippen molar-refractivity contribution in [1.82, 2.24) is 0 Å². The molecule has 0 spiro atoms. The lowest BCUT2D eigenvalue weighted by Gasteiger charge is -2.08. The molecule has 0 radical (unpaired) electrons. The molecule has 5 nitrogen and oxygen atoms in total. The number of rotatable bonds is 3. The monoisotopic (exact) mass is 208 g/mol. The van der Waals surface area contributed by atoms with Crippen LogP contribution in [0.1, 0.15) is 5.56 Å². The minimum Gasteiger partial charge on any atom is -0.480 e. The van der Waals surface area contributed by atoms with Crippen LogP contribution < -0.4 is 11.1 Å². The lowest BCUT2D eigenvalue weighted by Crippen LogP contribution is -2.42. The highest BCUT2D eigenvalue weighted by Gasteiger charge is 2.20. The zero-order valence-electron chi connectivity index (χ0n) is 8.23. The summed E-state index contributed by atoms with van der Waals surface area (Å²) in [5.41, 5.74) is 6.64. The molecule has 0 aliphatic rings. The van der Waals surface area contributed by atoms with Crippen molar-refractivity contribution in [1.29, 1.82) is 0 Å². The first-order valence-corrected chi connectivity index (χ1v) is 4.36. The Bertz CT molecular complexity index is 390. The number of aryl methyl sites for hydroxylation is 1. The largest absolute Gasteiger partial charge is 0.480 e. The fraction of sp³-hybridized carbons (Fsp3) is 0.200. The molecule has 0 fully saturated rings. The lowest BCUT2D eigenvalue weighted by atomic mass is 10.2. The smallest absolute Gasteiger partial charge is 0.330 e. The van der Waals surface area contributed by atoms with E-state index in [1.807, 2.05) is 13.0 Å². The van der Waals surface area contributed by atoms with Crippen LogP contribution in [0.25, 0.3) is 0 Å². The number of carbonyl (C=O) groups excluding carboxylic acids is 1. The van der Waals surface area contributed by atoms with Crippen molar-refractivity contribution >= 4 is 17.6 Å². The van der Waals surface area contributed by atoms with Crippen LogP contribution in [-0.4, -0.2) is 23.0 Å². The Labute approximate surface area is 86.9 Å². The molecular weight excluding hydrogens is 196 g/mol. The summed E-state index contributed by atoms with van der Waals surface area (Å²) < 4.78 is 0. The average molecular weight is 208 g/mol. The van der Waals surface area contributed by atoms with Crippen LogP contribution in [0.2, 0.25) is 0 Å². The Morgan fingerprint density at radius 3 is 2.67 bits per heavy atom. The fourth-order valence-corrected chi connectivity index (χ4v) is 1.05. The van der Waals surface area contributed by atoms with Crippen molar-refractivity contribution in [2.24, 2.45) is 5.73 Å². The van der Waals surface area contributed by atoms with Gasteiger partial charge >= 0.3 is 5.97 Å². The third-order valence-electron chi connectivity index (χ3n) is 1.83. The van der Waals surface area contributed by atoms with Gasteiger partial charge in [-0.05, 0) is 24.6 Å². The molecule has 1 rings (SSSR count). The summed E-state index contributed by atoms with van der Waals surface area (Å²) in [6.07, 6.45) is 0. The maximum atomic E-state index is 11.2. The molecule has 0 aliphatic heterocycles. The SMILES string of the molecule is Cc1cccc(NC(=O)C(N)C(=O)O)c1. The van der Waals surface area contributed by atoms with Crippen molar-refractivity contribution in [2.75, 3.05) is 5.32 Å². The van der Waals surface area contributed by atoms with E-state index >= 15 is 0 Å². The molecule has 15 heavy (non-hydrogen) atoms. The number of carboxylic acids is 1. The second-order valence-corrected chi connectivity index (χ2v) is 3.17. The molecule has 0 aliphatic carbocycles. The van der Waals surface area contributed by atoms with Crippen LogP contribution in [0.3, 0.4) is 0 Å². The number of carboxylic acid groups (broad SMARTS) is 1. The van der Waals surface area contributed by atoms with Gasteiger partial charge in [-0.25, -0.2) is 4.79 Å². The van der Waals surface area contributed by atoms with Gasteiger partial charge in [-0.3, -0.25) is 4.79 Å². The topological polar surface area (TPSA) is 92.4 Å². The van der Waals surface area contributed by atoms with E-state index < -0.39 is 17.9 Å². The second-order valence-electron chi connectivity index (χ2n) is 3.17. The molecule has 5 heteroatoms. The van der Waals surface area contributed by atoms with Crippen molar-refractivity contribution in [3.63, 3.8) is 0 Å². The van der Waals surface area contributed by atoms with Gasteiger partial charge in [0, 0.05) is 5.69 Å². The van der Waals surface area contributed by atoms with Crippen molar-refractivity contribution < 1.29 is 14.7 Å². The third-order valence-corrected chi connectivity index (χ3v) is 1.83. The number of nitrogens with one attached hydrogen (secondary N) is 1. The van der Waals surface area contributed by atoms with Gasteiger partial charge in [0.15, 0.2) is 6.04 Å². The predicted octanol–water partition coefficient (Wildman–Crippen LogP) is 0.345. The number of anilines is 1. The standard InChI is InChI=1S/C10H12N2O3/c1-6-3-2-4-7(5-6)12-9(13)8(11)10(14)15/h2-5,8H,11H2,1H3,(H,12,13)(H,14,15). The Morgan fingerprint density at radius 1 is 1.47 bits per heavy atom. The first-order chi connectivity index (χ1) is 7.00. The van der Waals surface area contributed by atoms with E-state index in [2.05, 4.69) is 5.32 Å². The number of aliphatic carboxylic acids is 1. The Hall–Kier alpha value is -1.88. The lowest BCUT2D eigenvalue weighted by molar-refractivity contribution is -0.141. The molecule has 0 heterocycles. The van der Waals surface area contributed by atoms with E-state index in [1.54, 1.807) is 18.2 Å². The fourth-order valence-electron chi connectivity index (χ4n) is 1.05. The van der Waals surface area contributed by atoms with Gasteiger partial charge in [-0.1, -0.05) is 12.1 Å². The van der Waals surface area contributed by atoms with E-state index in [0.717, 1.165) is 5.56 Å². The van der Waals surface area contributed by atoms with Crippen LogP contribution in [0.5, 0.6) is 0 Å². The van der Waals surface area contributed by atoms with Crippen molar-refractivity contribution in [3.05, 3.63) is 29.8 Å². The summed E-state index contributed by atoms with van der Waals surface area (Å²) >= 11 is 0. The zero-order chi connectivity index (χ0) is 11.4. The number of hydrogen-bond acceptors (Lipinski definition) is 3. The molecule has 1 atom stereocenters. The molecular formula is C10H12N2O3. The quantitative estimate of drug-likeness (QED) is 0.625. The number of hydrogen-bond donors (Lipinski definition) is 3. The van der Waals surface area contributed by atoms with Crippen LogP contribution in [0, 0.1) is 6.92 Å². The molecule has 0 aromatic heterocycles. The summed E-state index contributed by atoms with van der Waals surface area (Å²) in [6, 6.07) is 5.49. The van der Waals surface area contributed by atoms with Crippen LogP contribution in [0.4, 0.5) is 5.69 Å². The summed E-state index contributed by atoms with van der Waals surface area (Å²) in [7, 11) is 0. The molecule has 0 bridgehead atoms. The van der Waals surface area contributed by atoms with E-state index in [9.17, 15) is 9.59 Å². The molecule has 0 saturated carbocycles. The summed E-state index contributed by atoms with van der Waals surface area (Å²) in [5.74, 6) is -2.08. The minimum absolute atomic E-state index is 0.539. The third kappa shape index (κ3) is 3.07. The van der Waals surface area contributed by atoms with Crippen LogP contribution in [-0.2, 0) is 9.59 Å². The van der Waals surface area contributed by atoms with Gasteiger partial charge < -0.3 is 16.2 Å². The highest BCUT2D eigenvalue weighted by molar-refractivity contribution is 6.07. The molecule has 1 aromatic rings. The molecule has 80 valence electrons. The minimum atomic E-state index is -1.54. The van der Waals surface area contributed by atoms with Crippen LogP contribution in [0.15, 0.2) is 24.3 Å². The van der Waals surface area contributed by atoms with Gasteiger partial charge in [0.2, 0.25) is 0 Å². The zero-order valence-corrected chi connectivity index (χ0v) is 8.23. The van der Waals surface area contributed by atoms with Gasteiger partial charge in [0.05, 0.1) is 0 Å². The Kier molecular flexibility index (Phi) is 3.41. The Morgan fingerprint density at radius 2 is 2.13 bits per heavy atom. The Balaban J connectivity index is 2.70. The maximum absolute atomic E-state index is 11.2. The first kappa shape index (κ1) is 11.2. The average Bonchev–Trinajstić information content (AvgIpc) is 2.16. The van der Waals surface area contributed by atoms with Gasteiger partial charge in [-0.2, -0.15) is 0 Å². The van der Waals surface area contributed by atoms with E-state index in [0.29, 0.717) is 5.69 Å². The van der Waals surface area contributed by atoms with Crippen molar-refractivity contribution in [3.8, 4) is 0 Å². The highest BCUT2D eigenvalue weighted by atomic mass is 16.4. The molecule has 1 aromatic carbocycles. The van der Waals surface area contributed by atoms with E-state index in [-0.39, 0.29) is 0 Å². The van der Waals surface area contributed by atoms with Gasteiger partial charge in [-0.15, -0.1) is 0 Å². The summed E-state index contributed by atoms with van der Waals surface area (Å²) in [5, 5.41) is 10.9. The molecule has 1 unspecified atom stereocenters. The first-order valence-electron chi connectivity index (χ1n) is 4.36. The molecule has 0 saturated heterocycles. The van der Waals surface area contributed by atoms with Crippen molar-refractivity contribution in [2.45, 2.75) is 13.0 Å².